The van der Waals surface area contributed by atoms with Gasteiger partial charge in [-0.1, -0.05) is 0 Å². The van der Waals surface area contributed by atoms with Crippen molar-refractivity contribution < 1.29 is 28.7 Å². The topological polar surface area (TPSA) is 112 Å². The molecule has 154 valence electrons. The molecule has 0 fully saturated rings. The number of carbonyl (C=O) groups excluding carboxylic acids is 1. The average molecular weight is 409 g/mol. The first-order chi connectivity index (χ1) is 14.4. The van der Waals surface area contributed by atoms with Gasteiger partial charge in [-0.15, -0.1) is 0 Å². The van der Waals surface area contributed by atoms with E-state index in [0.717, 1.165) is 0 Å². The quantitative estimate of drug-likeness (QED) is 0.249. The Kier molecular flexibility index (Phi) is 6.17. The summed E-state index contributed by atoms with van der Waals surface area (Å²) in [4.78, 5) is 22.7. The van der Waals surface area contributed by atoms with E-state index in [-0.39, 0.29) is 29.6 Å². The van der Waals surface area contributed by atoms with Crippen molar-refractivity contribution in [2.24, 2.45) is 0 Å². The largest absolute Gasteiger partial charge is 0.504 e. The molecule has 0 aliphatic rings. The number of allylic oxidation sites excluding steroid dienone is 1. The van der Waals surface area contributed by atoms with Gasteiger partial charge in [0, 0.05) is 17.2 Å². The average Bonchev–Trinajstić information content (AvgIpc) is 3.18. The molecule has 1 aromatic heterocycles. The molecule has 2 aromatic carbocycles. The molecule has 0 aliphatic carbocycles. The molecule has 0 radical (unpaired) electrons. The van der Waals surface area contributed by atoms with Gasteiger partial charge >= 0.3 is 0 Å². The highest BCUT2D eigenvalue weighted by molar-refractivity contribution is 6.07. The Balaban J connectivity index is 1.61. The molecule has 0 saturated heterocycles. The van der Waals surface area contributed by atoms with Gasteiger partial charge in [-0.3, -0.25) is 14.9 Å². The number of hydrogen-bond donors (Lipinski definition) is 1. The zero-order valence-corrected chi connectivity index (χ0v) is 16.3. The third-order valence-corrected chi connectivity index (χ3v) is 4.29. The maximum atomic E-state index is 12.3. The number of nitro groups is 1. The minimum atomic E-state index is -0.445. The number of carbonyl (C=O) groups is 1. The Labute approximate surface area is 172 Å². The first-order valence-electron chi connectivity index (χ1n) is 8.93. The van der Waals surface area contributed by atoms with E-state index >= 15 is 0 Å². The number of nitro benzene ring substituents is 1. The van der Waals surface area contributed by atoms with Gasteiger partial charge in [0.05, 0.1) is 12.0 Å². The van der Waals surface area contributed by atoms with Crippen molar-refractivity contribution in [3.05, 3.63) is 87.4 Å². The van der Waals surface area contributed by atoms with Crippen LogP contribution in [0.15, 0.2) is 59.0 Å². The molecule has 0 spiro atoms. The van der Waals surface area contributed by atoms with E-state index in [1.54, 1.807) is 25.1 Å². The summed E-state index contributed by atoms with van der Waals surface area (Å²) in [6.45, 7) is 1.77. The zero-order valence-electron chi connectivity index (χ0n) is 16.3. The summed E-state index contributed by atoms with van der Waals surface area (Å²) in [5, 5.41) is 20.5. The predicted octanol–water partition coefficient (Wildman–Crippen LogP) is 4.69. The summed E-state index contributed by atoms with van der Waals surface area (Å²) in [7, 11) is 1.41. The van der Waals surface area contributed by atoms with Crippen LogP contribution in [0.2, 0.25) is 0 Å². The molecule has 0 unspecified atom stereocenters. The lowest BCUT2D eigenvalue weighted by Crippen LogP contribution is -1.96. The molecule has 0 saturated carbocycles. The highest BCUT2D eigenvalue weighted by Crippen LogP contribution is 2.27. The Morgan fingerprint density at radius 3 is 2.70 bits per heavy atom. The number of aryl methyl sites for hydroxylation is 1. The molecule has 30 heavy (non-hydrogen) atoms. The van der Waals surface area contributed by atoms with E-state index in [0.29, 0.717) is 28.4 Å². The minimum Gasteiger partial charge on any atom is -0.504 e. The summed E-state index contributed by atoms with van der Waals surface area (Å²) in [5.41, 5.74) is 0.901. The lowest BCUT2D eigenvalue weighted by Gasteiger charge is -2.05. The molecule has 0 aliphatic heterocycles. The first kappa shape index (κ1) is 20.7. The summed E-state index contributed by atoms with van der Waals surface area (Å²) in [5.74, 6) is 1.38. The maximum absolute atomic E-state index is 12.3. The summed E-state index contributed by atoms with van der Waals surface area (Å²) in [6, 6.07) is 12.3. The molecule has 0 amide bonds. The maximum Gasteiger partial charge on any atom is 0.272 e. The van der Waals surface area contributed by atoms with Crippen LogP contribution in [0.3, 0.4) is 0 Å². The van der Waals surface area contributed by atoms with Crippen LogP contribution in [0.4, 0.5) is 5.69 Å². The number of nitrogens with zero attached hydrogens (tertiary/aromatic N) is 1. The van der Waals surface area contributed by atoms with Gasteiger partial charge in [-0.25, -0.2) is 0 Å². The lowest BCUT2D eigenvalue weighted by atomic mass is 10.1. The summed E-state index contributed by atoms with van der Waals surface area (Å²) >= 11 is 0. The van der Waals surface area contributed by atoms with Crippen molar-refractivity contribution in [1.82, 2.24) is 0 Å². The second kappa shape index (κ2) is 8.95. The fourth-order valence-corrected chi connectivity index (χ4v) is 2.72. The smallest absolute Gasteiger partial charge is 0.272 e. The highest BCUT2D eigenvalue weighted by atomic mass is 16.6. The van der Waals surface area contributed by atoms with Crippen LogP contribution in [-0.4, -0.2) is 22.9 Å². The van der Waals surface area contributed by atoms with Crippen molar-refractivity contribution in [3.63, 3.8) is 0 Å². The van der Waals surface area contributed by atoms with Crippen LogP contribution in [0, 0.1) is 17.0 Å². The standard InChI is InChI=1S/C22H19NO7/c1-14-11-17(6-8-19(14)23(26)27)29-13-18-5-4-16(30-18)7-10-20(24)15-3-9-21(25)22(12-15)28-2/h3-12,25H,13H2,1-2H3/b10-7+. The van der Waals surface area contributed by atoms with E-state index < -0.39 is 4.92 Å². The second-order valence-corrected chi connectivity index (χ2v) is 6.38. The van der Waals surface area contributed by atoms with E-state index in [2.05, 4.69) is 0 Å². The Morgan fingerprint density at radius 1 is 1.20 bits per heavy atom. The number of phenols is 1. The number of benzene rings is 2. The van der Waals surface area contributed by atoms with Crippen LogP contribution < -0.4 is 9.47 Å². The van der Waals surface area contributed by atoms with Gasteiger partial charge < -0.3 is 19.0 Å². The number of rotatable bonds is 8. The van der Waals surface area contributed by atoms with Crippen LogP contribution >= 0.6 is 0 Å². The van der Waals surface area contributed by atoms with Crippen molar-refractivity contribution >= 4 is 17.5 Å². The van der Waals surface area contributed by atoms with E-state index in [1.807, 2.05) is 0 Å². The van der Waals surface area contributed by atoms with Crippen molar-refractivity contribution in [2.45, 2.75) is 13.5 Å². The molecular weight excluding hydrogens is 390 g/mol. The Bertz CT molecular complexity index is 1110. The molecule has 3 aromatic rings. The molecule has 8 nitrogen and oxygen atoms in total. The van der Waals surface area contributed by atoms with E-state index in [1.165, 1.54) is 49.6 Å². The monoisotopic (exact) mass is 409 g/mol. The third-order valence-electron chi connectivity index (χ3n) is 4.29. The summed E-state index contributed by atoms with van der Waals surface area (Å²) < 4.78 is 16.2. The number of hydrogen-bond acceptors (Lipinski definition) is 7. The van der Waals surface area contributed by atoms with Crippen molar-refractivity contribution in [2.75, 3.05) is 7.11 Å². The fraction of sp³-hybridized carbons (Fsp3) is 0.136. The van der Waals surface area contributed by atoms with Crippen LogP contribution in [0.1, 0.15) is 27.4 Å². The number of aromatic hydroxyl groups is 1. The van der Waals surface area contributed by atoms with Crippen LogP contribution in [0.5, 0.6) is 17.2 Å². The number of ketones is 1. The second-order valence-electron chi connectivity index (χ2n) is 6.38. The molecule has 1 heterocycles. The van der Waals surface area contributed by atoms with Gasteiger partial charge in [0.2, 0.25) is 0 Å². The van der Waals surface area contributed by atoms with Gasteiger partial charge in [-0.05, 0) is 61.5 Å². The van der Waals surface area contributed by atoms with Crippen LogP contribution in [0.25, 0.3) is 6.08 Å². The molecule has 1 N–H and O–H groups in total. The lowest BCUT2D eigenvalue weighted by molar-refractivity contribution is -0.385. The van der Waals surface area contributed by atoms with Gasteiger partial charge in [0.25, 0.3) is 5.69 Å². The first-order valence-corrected chi connectivity index (χ1v) is 8.93. The van der Waals surface area contributed by atoms with Gasteiger partial charge in [0.15, 0.2) is 17.3 Å². The number of furan rings is 1. The number of ether oxygens (including phenoxy) is 2. The van der Waals surface area contributed by atoms with Crippen LogP contribution in [-0.2, 0) is 6.61 Å². The minimum absolute atomic E-state index is 0.0312. The molecule has 0 bridgehead atoms. The Hall–Kier alpha value is -4.07. The van der Waals surface area contributed by atoms with E-state index in [4.69, 9.17) is 13.9 Å². The summed E-state index contributed by atoms with van der Waals surface area (Å²) in [6.07, 6.45) is 2.89. The van der Waals surface area contributed by atoms with E-state index in [9.17, 15) is 20.0 Å². The predicted molar refractivity (Wildman–Crippen MR) is 109 cm³/mol. The van der Waals surface area contributed by atoms with Crippen molar-refractivity contribution in [3.8, 4) is 17.2 Å². The third kappa shape index (κ3) is 4.85. The fourth-order valence-electron chi connectivity index (χ4n) is 2.72. The highest BCUT2D eigenvalue weighted by Gasteiger charge is 2.11. The number of methoxy groups -OCH3 is 1. The van der Waals surface area contributed by atoms with Crippen molar-refractivity contribution in [1.29, 1.82) is 0 Å². The number of phenolic OH excluding ortho intramolecular Hbond substituents is 1. The normalized spacial score (nSPS) is 10.9. The SMILES string of the molecule is COc1cc(C(=O)/C=C/c2ccc(COc3ccc([N+](=O)[O-])c(C)c3)o2)ccc1O. The molecule has 8 heteroatoms. The molecule has 0 atom stereocenters. The van der Waals surface area contributed by atoms with Gasteiger partial charge in [0.1, 0.15) is 23.9 Å². The van der Waals surface area contributed by atoms with Gasteiger partial charge in [-0.2, -0.15) is 0 Å². The molecular formula is C22H19NO7. The zero-order chi connectivity index (χ0) is 21.7. The Morgan fingerprint density at radius 2 is 2.00 bits per heavy atom. The molecule has 3 rings (SSSR count).